The fourth-order valence-electron chi connectivity index (χ4n) is 6.17. The zero-order chi connectivity index (χ0) is 37.4. The summed E-state index contributed by atoms with van der Waals surface area (Å²) in [6.07, 6.45) is 32.7. The largest absolute Gasteiger partial charge is 0.394 e. The minimum absolute atomic E-state index is 0.168. The maximum absolute atomic E-state index is 12.9. The van der Waals surface area contributed by atoms with Crippen molar-refractivity contribution in [3.05, 3.63) is 48.6 Å². The van der Waals surface area contributed by atoms with Crippen LogP contribution < -0.4 is 5.32 Å². The smallest absolute Gasteiger partial charge is 0.220 e. The van der Waals surface area contributed by atoms with E-state index < -0.39 is 49.5 Å². The molecule has 0 spiro atoms. The predicted molar refractivity (Wildman–Crippen MR) is 207 cm³/mol. The summed E-state index contributed by atoms with van der Waals surface area (Å²) in [6, 6.07) is -0.756. The average Bonchev–Trinajstić information content (AvgIpc) is 3.13. The molecule has 1 rings (SSSR count). The zero-order valence-electron chi connectivity index (χ0n) is 32.1. The van der Waals surface area contributed by atoms with E-state index in [-0.39, 0.29) is 18.9 Å². The van der Waals surface area contributed by atoms with Crippen LogP contribution in [0.25, 0.3) is 0 Å². The Labute approximate surface area is 310 Å². The highest BCUT2D eigenvalue weighted by atomic mass is 16.7. The number of aliphatic hydroxyl groups is 5. The lowest BCUT2D eigenvalue weighted by Gasteiger charge is -2.40. The summed E-state index contributed by atoms with van der Waals surface area (Å²) in [5, 5.41) is 54.1. The van der Waals surface area contributed by atoms with Crippen LogP contribution in [0.1, 0.15) is 155 Å². The number of nitrogens with one attached hydrogen (secondary N) is 1. The lowest BCUT2D eigenvalue weighted by Crippen LogP contribution is -2.60. The molecule has 1 saturated heterocycles. The molecule has 1 fully saturated rings. The van der Waals surface area contributed by atoms with Gasteiger partial charge in [-0.2, -0.15) is 0 Å². The van der Waals surface area contributed by atoms with Gasteiger partial charge in [-0.1, -0.05) is 159 Å². The first-order chi connectivity index (χ1) is 24.8. The van der Waals surface area contributed by atoms with Crippen LogP contribution in [0.4, 0.5) is 0 Å². The SMILES string of the molecule is CC/C=C\C/C=C\C/C=C\C/C=C\CCC(=O)NC(COC1OC(CO)C(O)C(O)C1O)C(O)CCCCCCCCCCCCCCCCC. The van der Waals surface area contributed by atoms with Crippen molar-refractivity contribution in [1.29, 1.82) is 0 Å². The Kier molecular flexibility index (Phi) is 30.3. The highest BCUT2D eigenvalue weighted by molar-refractivity contribution is 5.76. The molecule has 0 aromatic rings. The van der Waals surface area contributed by atoms with Gasteiger partial charge in [0.2, 0.25) is 5.91 Å². The number of carbonyl (C=O) groups is 1. The second-order valence-electron chi connectivity index (χ2n) is 14.1. The number of allylic oxidation sites excluding steroid dienone is 8. The fraction of sp³-hybridized carbons (Fsp3) is 0.786. The van der Waals surface area contributed by atoms with E-state index >= 15 is 0 Å². The molecule has 1 amide bonds. The van der Waals surface area contributed by atoms with Crippen molar-refractivity contribution >= 4 is 5.91 Å². The number of aliphatic hydroxyl groups excluding tert-OH is 5. The normalized spacial score (nSPS) is 22.5. The van der Waals surface area contributed by atoms with Gasteiger partial charge < -0.3 is 40.3 Å². The lowest BCUT2D eigenvalue weighted by atomic mass is 9.99. The molecule has 0 radical (unpaired) electrons. The topological polar surface area (TPSA) is 149 Å². The third-order valence-corrected chi connectivity index (χ3v) is 9.46. The lowest BCUT2D eigenvalue weighted by molar-refractivity contribution is -0.302. The van der Waals surface area contributed by atoms with Crippen molar-refractivity contribution in [2.75, 3.05) is 13.2 Å². The number of ether oxygens (including phenoxy) is 2. The number of unbranched alkanes of at least 4 members (excludes halogenated alkanes) is 14. The van der Waals surface area contributed by atoms with Crippen molar-refractivity contribution in [2.24, 2.45) is 0 Å². The van der Waals surface area contributed by atoms with Gasteiger partial charge >= 0.3 is 0 Å². The molecule has 6 N–H and O–H groups in total. The third kappa shape index (κ3) is 24.2. The molecule has 0 saturated carbocycles. The van der Waals surface area contributed by atoms with E-state index in [1.165, 1.54) is 77.0 Å². The molecule has 0 aromatic heterocycles. The number of amides is 1. The van der Waals surface area contributed by atoms with Crippen molar-refractivity contribution in [3.8, 4) is 0 Å². The molecule has 1 aliphatic heterocycles. The molecular formula is C42H75NO8. The van der Waals surface area contributed by atoms with Crippen LogP contribution in [-0.2, 0) is 14.3 Å². The van der Waals surface area contributed by atoms with Gasteiger partial charge in [0.05, 0.1) is 25.4 Å². The number of carbonyl (C=O) groups excluding carboxylic acids is 1. The van der Waals surface area contributed by atoms with Gasteiger partial charge in [0.1, 0.15) is 24.4 Å². The van der Waals surface area contributed by atoms with Gasteiger partial charge in [0.25, 0.3) is 0 Å². The molecular weight excluding hydrogens is 646 g/mol. The fourth-order valence-corrected chi connectivity index (χ4v) is 6.17. The molecule has 1 aliphatic rings. The Bertz CT molecular complexity index is 936. The first kappa shape index (κ1) is 47.2. The Morgan fingerprint density at radius 3 is 1.69 bits per heavy atom. The van der Waals surface area contributed by atoms with Crippen molar-refractivity contribution in [1.82, 2.24) is 5.32 Å². The number of hydrogen-bond donors (Lipinski definition) is 6. The summed E-state index contributed by atoms with van der Waals surface area (Å²) in [6.45, 7) is 3.65. The summed E-state index contributed by atoms with van der Waals surface area (Å²) in [4.78, 5) is 12.9. The van der Waals surface area contributed by atoms with E-state index in [1.807, 2.05) is 12.2 Å². The van der Waals surface area contributed by atoms with Crippen molar-refractivity contribution in [3.63, 3.8) is 0 Å². The zero-order valence-corrected chi connectivity index (χ0v) is 32.1. The Hall–Kier alpha value is -1.85. The molecule has 7 unspecified atom stereocenters. The van der Waals surface area contributed by atoms with Crippen LogP contribution in [-0.4, -0.2) is 87.5 Å². The molecule has 9 heteroatoms. The Morgan fingerprint density at radius 1 is 0.686 bits per heavy atom. The van der Waals surface area contributed by atoms with Crippen LogP contribution in [0.15, 0.2) is 48.6 Å². The molecule has 0 aliphatic carbocycles. The second kappa shape index (κ2) is 32.8. The molecule has 1 heterocycles. The van der Waals surface area contributed by atoms with Gasteiger partial charge in [0.15, 0.2) is 6.29 Å². The van der Waals surface area contributed by atoms with E-state index in [4.69, 9.17) is 9.47 Å². The Balaban J connectivity index is 2.45. The Morgan fingerprint density at radius 2 is 1.18 bits per heavy atom. The van der Waals surface area contributed by atoms with Gasteiger partial charge in [-0.25, -0.2) is 0 Å². The summed E-state index contributed by atoms with van der Waals surface area (Å²) in [5.41, 5.74) is 0. The first-order valence-electron chi connectivity index (χ1n) is 20.3. The van der Waals surface area contributed by atoms with Gasteiger partial charge in [-0.15, -0.1) is 0 Å². The number of hydrogen-bond acceptors (Lipinski definition) is 8. The molecule has 296 valence electrons. The van der Waals surface area contributed by atoms with Crippen LogP contribution in [0.3, 0.4) is 0 Å². The van der Waals surface area contributed by atoms with Crippen LogP contribution >= 0.6 is 0 Å². The van der Waals surface area contributed by atoms with E-state index in [1.54, 1.807) is 0 Å². The summed E-state index contributed by atoms with van der Waals surface area (Å²) >= 11 is 0. The highest BCUT2D eigenvalue weighted by Crippen LogP contribution is 2.23. The van der Waals surface area contributed by atoms with Crippen LogP contribution in [0, 0.1) is 0 Å². The summed E-state index contributed by atoms with van der Waals surface area (Å²) in [7, 11) is 0. The van der Waals surface area contributed by atoms with Crippen molar-refractivity contribution in [2.45, 2.75) is 198 Å². The minimum Gasteiger partial charge on any atom is -0.394 e. The van der Waals surface area contributed by atoms with Crippen molar-refractivity contribution < 1.29 is 39.8 Å². The van der Waals surface area contributed by atoms with Crippen LogP contribution in [0.2, 0.25) is 0 Å². The quantitative estimate of drug-likeness (QED) is 0.0309. The molecule has 51 heavy (non-hydrogen) atoms. The van der Waals surface area contributed by atoms with E-state index in [2.05, 4.69) is 55.6 Å². The van der Waals surface area contributed by atoms with Gasteiger partial charge in [-0.3, -0.25) is 4.79 Å². The standard InChI is InChI=1S/C42H75NO8/c1-3-5-7-9-11-13-15-17-18-20-21-23-25-27-29-31-36(45)35(34-50-42-41(49)40(48)39(47)37(33-44)51-42)43-38(46)32-30-28-26-24-22-19-16-14-12-10-8-6-4-2/h6,8,12,14,19,22,26,28,35-37,39-42,44-45,47-49H,3-5,7,9-11,13,15-18,20-21,23-25,27,29-34H2,1-2H3,(H,43,46)/b8-6-,14-12-,22-19-,28-26-. The van der Waals surface area contributed by atoms with Crippen LogP contribution in [0.5, 0.6) is 0 Å². The number of rotatable bonds is 32. The third-order valence-electron chi connectivity index (χ3n) is 9.46. The molecule has 9 nitrogen and oxygen atoms in total. The average molecular weight is 722 g/mol. The van der Waals surface area contributed by atoms with Gasteiger partial charge in [-0.05, 0) is 38.5 Å². The van der Waals surface area contributed by atoms with Gasteiger partial charge in [0, 0.05) is 6.42 Å². The minimum atomic E-state index is -1.56. The predicted octanol–water partition coefficient (Wildman–Crippen LogP) is 7.50. The maximum Gasteiger partial charge on any atom is 0.220 e. The highest BCUT2D eigenvalue weighted by Gasteiger charge is 2.44. The molecule has 0 aromatic carbocycles. The summed E-state index contributed by atoms with van der Waals surface area (Å²) in [5.74, 6) is -0.226. The second-order valence-corrected chi connectivity index (χ2v) is 14.1. The first-order valence-corrected chi connectivity index (χ1v) is 20.3. The monoisotopic (exact) mass is 722 g/mol. The summed E-state index contributed by atoms with van der Waals surface area (Å²) < 4.78 is 11.2. The maximum atomic E-state index is 12.9. The van der Waals surface area contributed by atoms with E-state index in [9.17, 15) is 30.3 Å². The molecule has 0 bridgehead atoms. The van der Waals surface area contributed by atoms with E-state index in [0.29, 0.717) is 12.8 Å². The molecule has 7 atom stereocenters. The van der Waals surface area contributed by atoms with E-state index in [0.717, 1.165) is 44.9 Å².